The molecule has 106 valence electrons. The number of anilines is 2. The standard InChI is InChI=1S/C12H9ClF2N2O2S/c13-7-3-8(14)5-10(4-7)17-20(18,19)12-2-1-9(16)6-11(12)15/h1-6,17H,16H2. The summed E-state index contributed by atoms with van der Waals surface area (Å²) in [5, 5.41) is 0.0143. The highest BCUT2D eigenvalue weighted by Crippen LogP contribution is 2.23. The molecule has 0 heterocycles. The first kappa shape index (κ1) is 14.5. The van der Waals surface area contributed by atoms with E-state index in [2.05, 4.69) is 0 Å². The summed E-state index contributed by atoms with van der Waals surface area (Å²) in [4.78, 5) is -0.591. The molecule has 0 atom stereocenters. The molecule has 20 heavy (non-hydrogen) atoms. The molecule has 2 aromatic rings. The highest BCUT2D eigenvalue weighted by molar-refractivity contribution is 7.92. The Kier molecular flexibility index (Phi) is 3.82. The van der Waals surface area contributed by atoms with Crippen LogP contribution in [0, 0.1) is 11.6 Å². The van der Waals surface area contributed by atoms with Crippen LogP contribution in [0.15, 0.2) is 41.3 Å². The van der Waals surface area contributed by atoms with E-state index in [-0.39, 0.29) is 16.4 Å². The molecular weight excluding hydrogens is 310 g/mol. The molecule has 0 spiro atoms. The third-order valence-electron chi connectivity index (χ3n) is 2.36. The molecule has 0 saturated carbocycles. The van der Waals surface area contributed by atoms with Crippen molar-refractivity contribution >= 4 is 33.0 Å². The summed E-state index contributed by atoms with van der Waals surface area (Å²) in [5.74, 6) is -1.71. The average molecular weight is 319 g/mol. The SMILES string of the molecule is Nc1ccc(S(=O)(=O)Nc2cc(F)cc(Cl)c2)c(F)c1. The number of halogens is 3. The number of hydrogen-bond acceptors (Lipinski definition) is 3. The minimum absolute atomic E-state index is 0.0143. The molecule has 0 aliphatic heterocycles. The lowest BCUT2D eigenvalue weighted by atomic mass is 10.3. The summed E-state index contributed by atoms with van der Waals surface area (Å²) < 4.78 is 52.8. The zero-order chi connectivity index (χ0) is 14.9. The van der Waals surface area contributed by atoms with Gasteiger partial charge in [0.2, 0.25) is 0 Å². The minimum Gasteiger partial charge on any atom is -0.399 e. The Labute approximate surface area is 119 Å². The summed E-state index contributed by atoms with van der Waals surface area (Å²) in [6.07, 6.45) is 0. The molecule has 0 aromatic heterocycles. The van der Waals surface area contributed by atoms with Gasteiger partial charge in [-0.15, -0.1) is 0 Å². The quantitative estimate of drug-likeness (QED) is 0.854. The molecular formula is C12H9ClF2N2O2S. The number of benzene rings is 2. The van der Waals surface area contributed by atoms with Crippen molar-refractivity contribution < 1.29 is 17.2 Å². The molecule has 0 aliphatic rings. The first-order valence-corrected chi connectivity index (χ1v) is 7.18. The summed E-state index contributed by atoms with van der Waals surface area (Å²) in [6, 6.07) is 6.30. The van der Waals surface area contributed by atoms with Crippen molar-refractivity contribution in [2.24, 2.45) is 0 Å². The molecule has 0 unspecified atom stereocenters. The number of hydrogen-bond donors (Lipinski definition) is 2. The van der Waals surface area contributed by atoms with E-state index in [0.717, 1.165) is 24.3 Å². The topological polar surface area (TPSA) is 72.2 Å². The summed E-state index contributed by atoms with van der Waals surface area (Å²) in [7, 11) is -4.20. The Morgan fingerprint density at radius 3 is 2.40 bits per heavy atom. The fourth-order valence-electron chi connectivity index (χ4n) is 1.56. The van der Waals surface area contributed by atoms with Crippen LogP contribution in [0.4, 0.5) is 20.2 Å². The van der Waals surface area contributed by atoms with Gasteiger partial charge in [-0.1, -0.05) is 11.6 Å². The lowest BCUT2D eigenvalue weighted by Crippen LogP contribution is -2.15. The van der Waals surface area contributed by atoms with Gasteiger partial charge in [0, 0.05) is 10.7 Å². The third-order valence-corrected chi connectivity index (χ3v) is 3.99. The van der Waals surface area contributed by atoms with E-state index in [1.54, 1.807) is 0 Å². The van der Waals surface area contributed by atoms with Crippen molar-refractivity contribution in [2.45, 2.75) is 4.90 Å². The van der Waals surface area contributed by atoms with Crippen LogP contribution in [0.1, 0.15) is 0 Å². The van der Waals surface area contributed by atoms with Crippen LogP contribution in [0.25, 0.3) is 0 Å². The van der Waals surface area contributed by atoms with Crippen LogP contribution in [0.2, 0.25) is 5.02 Å². The van der Waals surface area contributed by atoms with Gasteiger partial charge in [-0.05, 0) is 36.4 Å². The van der Waals surface area contributed by atoms with E-state index in [4.69, 9.17) is 17.3 Å². The monoisotopic (exact) mass is 318 g/mol. The lowest BCUT2D eigenvalue weighted by Gasteiger charge is -2.09. The van der Waals surface area contributed by atoms with Crippen LogP contribution in [0.3, 0.4) is 0 Å². The van der Waals surface area contributed by atoms with E-state index in [0.29, 0.717) is 0 Å². The summed E-state index contributed by atoms with van der Waals surface area (Å²) in [5.41, 5.74) is 5.33. The van der Waals surface area contributed by atoms with Gasteiger partial charge in [0.1, 0.15) is 16.5 Å². The van der Waals surface area contributed by atoms with Gasteiger partial charge in [-0.3, -0.25) is 4.72 Å². The van der Waals surface area contributed by atoms with E-state index in [1.165, 1.54) is 12.1 Å². The Morgan fingerprint density at radius 1 is 1.10 bits per heavy atom. The molecule has 0 saturated heterocycles. The average Bonchev–Trinajstić information content (AvgIpc) is 2.25. The van der Waals surface area contributed by atoms with Crippen molar-refractivity contribution in [3.63, 3.8) is 0 Å². The smallest absolute Gasteiger partial charge is 0.264 e. The molecule has 3 N–H and O–H groups in total. The largest absolute Gasteiger partial charge is 0.399 e. The second-order valence-electron chi connectivity index (χ2n) is 3.95. The normalized spacial score (nSPS) is 11.3. The van der Waals surface area contributed by atoms with Crippen molar-refractivity contribution in [3.05, 3.63) is 53.1 Å². The lowest BCUT2D eigenvalue weighted by molar-refractivity contribution is 0.571. The molecule has 8 heteroatoms. The van der Waals surface area contributed by atoms with Gasteiger partial charge in [0.15, 0.2) is 0 Å². The van der Waals surface area contributed by atoms with E-state index >= 15 is 0 Å². The van der Waals surface area contributed by atoms with E-state index in [9.17, 15) is 17.2 Å². The van der Waals surface area contributed by atoms with Crippen molar-refractivity contribution in [1.29, 1.82) is 0 Å². The summed E-state index contributed by atoms with van der Waals surface area (Å²) >= 11 is 5.61. The van der Waals surface area contributed by atoms with Gasteiger partial charge in [0.25, 0.3) is 10.0 Å². The van der Waals surface area contributed by atoms with Gasteiger partial charge in [-0.2, -0.15) is 0 Å². The Bertz CT molecular complexity index is 746. The first-order chi connectivity index (χ1) is 9.28. The molecule has 0 fully saturated rings. The van der Waals surface area contributed by atoms with Crippen molar-refractivity contribution in [2.75, 3.05) is 10.5 Å². The second kappa shape index (κ2) is 5.26. The van der Waals surface area contributed by atoms with Gasteiger partial charge in [-0.25, -0.2) is 17.2 Å². The molecule has 0 amide bonds. The van der Waals surface area contributed by atoms with E-state index in [1.807, 2.05) is 4.72 Å². The molecule has 4 nitrogen and oxygen atoms in total. The van der Waals surface area contributed by atoms with Crippen molar-refractivity contribution in [3.8, 4) is 0 Å². The predicted molar refractivity (Wildman–Crippen MR) is 73.0 cm³/mol. The fraction of sp³-hybridized carbons (Fsp3) is 0. The zero-order valence-electron chi connectivity index (χ0n) is 9.90. The van der Waals surface area contributed by atoms with Gasteiger partial charge < -0.3 is 5.73 Å². The van der Waals surface area contributed by atoms with Gasteiger partial charge >= 0.3 is 0 Å². The Hall–Kier alpha value is -1.86. The fourth-order valence-corrected chi connectivity index (χ4v) is 2.88. The molecule has 0 aliphatic carbocycles. The molecule has 2 aromatic carbocycles. The van der Waals surface area contributed by atoms with Crippen LogP contribution < -0.4 is 10.5 Å². The van der Waals surface area contributed by atoms with Gasteiger partial charge in [0.05, 0.1) is 5.69 Å². The predicted octanol–water partition coefficient (Wildman–Crippen LogP) is 3.00. The maximum atomic E-state index is 13.6. The van der Waals surface area contributed by atoms with Crippen LogP contribution in [-0.2, 0) is 10.0 Å². The molecule has 0 radical (unpaired) electrons. The number of sulfonamides is 1. The number of nitrogen functional groups attached to an aromatic ring is 1. The van der Waals surface area contributed by atoms with E-state index < -0.39 is 26.6 Å². The molecule has 2 rings (SSSR count). The highest BCUT2D eigenvalue weighted by atomic mass is 35.5. The number of nitrogens with one attached hydrogen (secondary N) is 1. The first-order valence-electron chi connectivity index (χ1n) is 5.32. The van der Waals surface area contributed by atoms with Crippen LogP contribution >= 0.6 is 11.6 Å². The maximum absolute atomic E-state index is 13.6. The highest BCUT2D eigenvalue weighted by Gasteiger charge is 2.19. The van der Waals surface area contributed by atoms with Crippen molar-refractivity contribution in [1.82, 2.24) is 0 Å². The zero-order valence-corrected chi connectivity index (χ0v) is 11.5. The Balaban J connectivity index is 2.40. The molecule has 0 bridgehead atoms. The van der Waals surface area contributed by atoms with Crippen LogP contribution in [-0.4, -0.2) is 8.42 Å². The Morgan fingerprint density at radius 2 is 1.80 bits per heavy atom. The second-order valence-corrected chi connectivity index (χ2v) is 6.04. The third kappa shape index (κ3) is 3.17. The summed E-state index contributed by atoms with van der Waals surface area (Å²) in [6.45, 7) is 0. The maximum Gasteiger partial charge on any atom is 0.264 e. The number of rotatable bonds is 3. The number of nitrogens with two attached hydrogens (primary N) is 1. The van der Waals surface area contributed by atoms with Crippen LogP contribution in [0.5, 0.6) is 0 Å². The minimum atomic E-state index is -4.20.